The van der Waals surface area contributed by atoms with Gasteiger partial charge < -0.3 is 55.0 Å². The first-order valence-corrected chi connectivity index (χ1v) is 17.0. The standard InChI is InChI=1S/C35H52N2O12/c1-21-11-9-7-5-3-4-6-8-10-12-24(47-34-33(42)32(36)26(39)15-22(2)46-34)17-29-25(20-37-44)27(40)19-35(43,49-29)18-23(38)16-30-28(48-30)13-14-31(41)45-21/h3,5-10,12-14,21-30,32-34,38-40,42-43H,4,11,15-20,36H2,1-2H3/b5-3+,8-6+,9-7+,12-10+,14-13+. The van der Waals surface area contributed by atoms with Crippen molar-refractivity contribution in [2.45, 2.75) is 138 Å². The Labute approximate surface area is 286 Å². The highest BCUT2D eigenvalue weighted by Crippen LogP contribution is 2.39. The molecule has 0 aliphatic carbocycles. The van der Waals surface area contributed by atoms with Crippen LogP contribution in [0.15, 0.2) is 65.9 Å². The Morgan fingerprint density at radius 1 is 0.918 bits per heavy atom. The van der Waals surface area contributed by atoms with Gasteiger partial charge >= 0.3 is 5.97 Å². The van der Waals surface area contributed by atoms with Crippen molar-refractivity contribution in [1.29, 1.82) is 0 Å². The number of aliphatic hydroxyl groups excluding tert-OH is 4. The lowest BCUT2D eigenvalue weighted by Crippen LogP contribution is -2.55. The fourth-order valence-corrected chi connectivity index (χ4v) is 6.41. The molecule has 274 valence electrons. The maximum Gasteiger partial charge on any atom is 0.330 e. The molecule has 4 heterocycles. The first-order chi connectivity index (χ1) is 23.4. The Bertz CT molecular complexity index is 1220. The number of aliphatic hydroxyl groups is 5. The van der Waals surface area contributed by atoms with Gasteiger partial charge in [-0.2, -0.15) is 4.91 Å². The van der Waals surface area contributed by atoms with Crippen LogP contribution in [0, 0.1) is 10.8 Å². The van der Waals surface area contributed by atoms with Gasteiger partial charge in [0.05, 0.1) is 55.3 Å². The molecule has 0 radical (unpaired) electrons. The van der Waals surface area contributed by atoms with Crippen molar-refractivity contribution >= 4 is 5.97 Å². The molecule has 14 atom stereocenters. The van der Waals surface area contributed by atoms with Crippen molar-refractivity contribution in [2.75, 3.05) is 6.54 Å². The zero-order chi connectivity index (χ0) is 35.6. The highest BCUT2D eigenvalue weighted by Gasteiger charge is 2.49. The maximum absolute atomic E-state index is 12.2. The molecule has 3 fully saturated rings. The van der Waals surface area contributed by atoms with Crippen LogP contribution in [0.3, 0.4) is 0 Å². The highest BCUT2D eigenvalue weighted by molar-refractivity contribution is 5.82. The number of hydrogen-bond donors (Lipinski definition) is 6. The van der Waals surface area contributed by atoms with Gasteiger partial charge in [-0.15, -0.1) is 0 Å². The molecule has 7 N–H and O–H groups in total. The van der Waals surface area contributed by atoms with E-state index >= 15 is 0 Å². The molecule has 0 amide bonds. The van der Waals surface area contributed by atoms with Gasteiger partial charge in [-0.1, -0.05) is 53.8 Å². The molecular formula is C35H52N2O12. The fraction of sp³-hybridized carbons (Fsp3) is 0.686. The maximum atomic E-state index is 12.2. The fourth-order valence-electron chi connectivity index (χ4n) is 6.41. The van der Waals surface area contributed by atoms with Crippen LogP contribution < -0.4 is 5.73 Å². The second-order valence-corrected chi connectivity index (χ2v) is 13.4. The molecule has 4 aliphatic rings. The minimum atomic E-state index is -1.97. The second kappa shape index (κ2) is 18.6. The van der Waals surface area contributed by atoms with Gasteiger partial charge in [-0.05, 0) is 26.3 Å². The summed E-state index contributed by atoms with van der Waals surface area (Å²) in [6.45, 7) is 3.22. The Hall–Kier alpha value is -2.63. The molecule has 0 spiro atoms. The number of rotatable bonds is 4. The number of esters is 1. The van der Waals surface area contributed by atoms with Crippen LogP contribution in [-0.2, 0) is 28.5 Å². The zero-order valence-electron chi connectivity index (χ0n) is 28.1. The summed E-state index contributed by atoms with van der Waals surface area (Å²) >= 11 is 0. The van der Waals surface area contributed by atoms with E-state index in [2.05, 4.69) is 5.18 Å². The predicted molar refractivity (Wildman–Crippen MR) is 177 cm³/mol. The third-order valence-electron chi connectivity index (χ3n) is 9.10. The summed E-state index contributed by atoms with van der Waals surface area (Å²) in [5, 5.41) is 57.8. The van der Waals surface area contributed by atoms with Crippen LogP contribution in [0.5, 0.6) is 0 Å². The molecule has 0 aromatic rings. The van der Waals surface area contributed by atoms with E-state index in [9.17, 15) is 35.2 Å². The third kappa shape index (κ3) is 12.3. The summed E-state index contributed by atoms with van der Waals surface area (Å²) in [7, 11) is 0. The van der Waals surface area contributed by atoms with E-state index in [1.807, 2.05) is 30.4 Å². The van der Waals surface area contributed by atoms with Gasteiger partial charge in [0.15, 0.2) is 12.1 Å². The molecular weight excluding hydrogens is 640 g/mol. The van der Waals surface area contributed by atoms with E-state index < -0.39 is 84.9 Å². The number of nitroso groups, excluding NO2 is 1. The van der Waals surface area contributed by atoms with Crippen LogP contribution in [0.2, 0.25) is 0 Å². The topological polar surface area (TPSA) is 223 Å². The first-order valence-electron chi connectivity index (χ1n) is 17.0. The van der Waals surface area contributed by atoms with Crippen LogP contribution >= 0.6 is 0 Å². The number of epoxide rings is 1. The summed E-state index contributed by atoms with van der Waals surface area (Å²) in [5.74, 6) is -3.28. The molecule has 4 aliphatic heterocycles. The van der Waals surface area contributed by atoms with E-state index in [0.717, 1.165) is 0 Å². The van der Waals surface area contributed by atoms with Crippen molar-refractivity contribution in [3.8, 4) is 0 Å². The number of nitrogens with two attached hydrogens (primary N) is 1. The van der Waals surface area contributed by atoms with Crippen LogP contribution in [0.1, 0.15) is 58.8 Å². The van der Waals surface area contributed by atoms with E-state index in [-0.39, 0.29) is 44.8 Å². The quantitative estimate of drug-likeness (QED) is 0.140. The number of cyclic esters (lactones) is 1. The van der Waals surface area contributed by atoms with Gasteiger partial charge in [0.25, 0.3) is 0 Å². The Kier molecular flexibility index (Phi) is 14.8. The Morgan fingerprint density at radius 2 is 1.65 bits per heavy atom. The van der Waals surface area contributed by atoms with E-state index in [4.69, 9.17) is 29.4 Å². The van der Waals surface area contributed by atoms with Crippen molar-refractivity contribution < 1.29 is 54.0 Å². The van der Waals surface area contributed by atoms with Crippen molar-refractivity contribution in [3.63, 3.8) is 0 Å². The molecule has 14 heteroatoms. The van der Waals surface area contributed by atoms with Crippen LogP contribution in [-0.4, -0.2) is 117 Å². The van der Waals surface area contributed by atoms with Crippen molar-refractivity contribution in [1.82, 2.24) is 0 Å². The summed E-state index contributed by atoms with van der Waals surface area (Å²) in [5.41, 5.74) is 6.09. The van der Waals surface area contributed by atoms with Crippen LogP contribution in [0.25, 0.3) is 0 Å². The smallest absolute Gasteiger partial charge is 0.330 e. The van der Waals surface area contributed by atoms with E-state index in [1.54, 1.807) is 38.2 Å². The molecule has 0 aromatic carbocycles. The number of carbonyl (C=O) groups excluding carboxylic acids is 1. The lowest BCUT2D eigenvalue weighted by molar-refractivity contribution is -0.304. The van der Waals surface area contributed by atoms with Gasteiger partial charge in [0, 0.05) is 50.5 Å². The summed E-state index contributed by atoms with van der Waals surface area (Å²) in [6.07, 6.45) is 9.15. The minimum absolute atomic E-state index is 0.00340. The molecule has 14 nitrogen and oxygen atoms in total. The minimum Gasteiger partial charge on any atom is -0.459 e. The molecule has 4 rings (SSSR count). The number of hydrogen-bond acceptors (Lipinski definition) is 14. The second-order valence-electron chi connectivity index (χ2n) is 13.4. The average Bonchev–Trinajstić information content (AvgIpc) is 3.78. The van der Waals surface area contributed by atoms with Gasteiger partial charge in [0.1, 0.15) is 18.3 Å². The van der Waals surface area contributed by atoms with Crippen molar-refractivity contribution in [2.24, 2.45) is 16.8 Å². The van der Waals surface area contributed by atoms with Gasteiger partial charge in [-0.25, -0.2) is 4.79 Å². The monoisotopic (exact) mass is 692 g/mol. The Balaban J connectivity index is 1.57. The molecule has 49 heavy (non-hydrogen) atoms. The number of nitrogens with zero attached hydrogens (tertiary/aromatic N) is 1. The van der Waals surface area contributed by atoms with E-state index in [1.165, 1.54) is 6.08 Å². The summed E-state index contributed by atoms with van der Waals surface area (Å²) in [4.78, 5) is 23.6. The van der Waals surface area contributed by atoms with Crippen molar-refractivity contribution in [3.05, 3.63) is 65.7 Å². The first kappa shape index (κ1) is 39.2. The summed E-state index contributed by atoms with van der Waals surface area (Å²) in [6, 6.07) is -1.04. The average molecular weight is 693 g/mol. The highest BCUT2D eigenvalue weighted by atomic mass is 16.7. The van der Waals surface area contributed by atoms with Gasteiger partial charge in [-0.3, -0.25) is 0 Å². The third-order valence-corrected chi connectivity index (χ3v) is 9.10. The number of fused-ring (bicyclic) bond motifs is 3. The molecule has 0 saturated carbocycles. The molecule has 2 bridgehead atoms. The van der Waals surface area contributed by atoms with Gasteiger partial charge in [0.2, 0.25) is 0 Å². The number of allylic oxidation sites excluding steroid dienone is 6. The predicted octanol–water partition coefficient (Wildman–Crippen LogP) is 1.58. The van der Waals surface area contributed by atoms with Crippen LogP contribution in [0.4, 0.5) is 0 Å². The molecule has 14 unspecified atom stereocenters. The normalized spacial score (nSPS) is 46.3. The summed E-state index contributed by atoms with van der Waals surface area (Å²) < 4.78 is 29.2. The SMILES string of the molecule is CC1C/C=C/C=C/C/C=C/C=C/C(OC2OC(C)CC(O)C(N)C2O)CC2OC(O)(CC(O)CC3OC3/C=C/C(=O)O1)CC(O)C2CN=O. The zero-order valence-corrected chi connectivity index (χ0v) is 28.1. The van der Waals surface area contributed by atoms with E-state index in [0.29, 0.717) is 12.8 Å². The number of ether oxygens (including phenoxy) is 5. The molecule has 3 saturated heterocycles. The number of carbonyl (C=O) groups is 1. The Morgan fingerprint density at radius 3 is 2.41 bits per heavy atom. The molecule has 0 aromatic heterocycles. The lowest BCUT2D eigenvalue weighted by atomic mass is 9.83. The largest absolute Gasteiger partial charge is 0.459 e. The lowest BCUT2D eigenvalue weighted by Gasteiger charge is -2.45.